The summed E-state index contributed by atoms with van der Waals surface area (Å²) >= 11 is 0. The molecule has 2 aromatic rings. The minimum atomic E-state index is -0.153. The second-order valence-corrected chi connectivity index (χ2v) is 7.44. The Balaban J connectivity index is 1.39. The maximum Gasteiger partial charge on any atom is 0.241 e. The van der Waals surface area contributed by atoms with Crippen LogP contribution in [-0.2, 0) is 16.1 Å². The van der Waals surface area contributed by atoms with Crippen LogP contribution in [0.15, 0.2) is 36.5 Å². The van der Waals surface area contributed by atoms with E-state index in [-0.39, 0.29) is 24.0 Å². The number of likely N-dealkylation sites (tertiary alicyclic amines) is 1. The molecule has 2 saturated heterocycles. The number of nitrogens with zero attached hydrogens (tertiary/aromatic N) is 2. The molecule has 0 aliphatic carbocycles. The summed E-state index contributed by atoms with van der Waals surface area (Å²) in [5, 5.41) is 1.25. The third kappa shape index (κ3) is 3.49. The average molecular weight is 356 g/mol. The highest BCUT2D eigenvalue weighted by molar-refractivity contribution is 5.83. The Morgan fingerprint density at radius 3 is 3.00 bits per heavy atom. The highest BCUT2D eigenvalue weighted by Gasteiger charge is 2.36. The van der Waals surface area contributed by atoms with Crippen molar-refractivity contribution in [3.63, 3.8) is 0 Å². The molecule has 2 aliphatic rings. The molecular weight excluding hydrogens is 328 g/mol. The van der Waals surface area contributed by atoms with Crippen molar-refractivity contribution >= 4 is 16.8 Å². The highest BCUT2D eigenvalue weighted by atomic mass is 16.5. The van der Waals surface area contributed by atoms with Gasteiger partial charge in [-0.1, -0.05) is 18.2 Å². The van der Waals surface area contributed by atoms with Crippen LogP contribution >= 0.6 is 0 Å². The lowest BCUT2D eigenvalue weighted by atomic mass is 10.0. The topological polar surface area (TPSA) is 58.5 Å². The van der Waals surface area contributed by atoms with E-state index < -0.39 is 0 Å². The molecule has 0 radical (unpaired) electrons. The lowest BCUT2D eigenvalue weighted by Gasteiger charge is -2.36. The minimum Gasteiger partial charge on any atom is -0.383 e. The first-order valence-electron chi connectivity index (χ1n) is 9.60. The van der Waals surface area contributed by atoms with Crippen LogP contribution in [-0.4, -0.2) is 53.8 Å². The van der Waals surface area contributed by atoms with Gasteiger partial charge in [0.15, 0.2) is 0 Å². The zero-order chi connectivity index (χ0) is 17.9. The Kier molecular flexibility index (Phi) is 5.24. The molecule has 26 heavy (non-hydrogen) atoms. The molecule has 0 saturated carbocycles. The lowest BCUT2D eigenvalue weighted by Crippen LogP contribution is -2.52. The number of para-hydroxylation sites is 1. The number of hydrogen-bond acceptors (Lipinski definition) is 4. The van der Waals surface area contributed by atoms with Crippen molar-refractivity contribution < 1.29 is 9.53 Å². The fourth-order valence-electron chi connectivity index (χ4n) is 4.30. The predicted octanol–water partition coefficient (Wildman–Crippen LogP) is 1.90. The first-order chi connectivity index (χ1) is 12.8. The van der Waals surface area contributed by atoms with Gasteiger partial charge in [-0.15, -0.1) is 0 Å². The van der Waals surface area contributed by atoms with Gasteiger partial charge in [0, 0.05) is 38.0 Å². The number of carbonyl (C=O) groups is 1. The van der Waals surface area contributed by atoms with Crippen LogP contribution in [0.4, 0.5) is 0 Å². The van der Waals surface area contributed by atoms with Crippen LogP contribution < -0.4 is 10.9 Å². The Morgan fingerprint density at radius 1 is 1.23 bits per heavy atom. The lowest BCUT2D eigenvalue weighted by molar-refractivity contribution is -0.138. The van der Waals surface area contributed by atoms with Crippen molar-refractivity contribution in [1.82, 2.24) is 20.3 Å². The van der Waals surface area contributed by atoms with Gasteiger partial charge in [-0.2, -0.15) is 0 Å². The number of benzene rings is 1. The van der Waals surface area contributed by atoms with Crippen LogP contribution in [0.1, 0.15) is 25.7 Å². The molecule has 2 N–H and O–H groups in total. The molecule has 2 aliphatic heterocycles. The maximum atomic E-state index is 13.0. The van der Waals surface area contributed by atoms with Gasteiger partial charge in [0.25, 0.3) is 0 Å². The summed E-state index contributed by atoms with van der Waals surface area (Å²) in [5.74, 6) is 0.208. The van der Waals surface area contributed by atoms with E-state index in [1.165, 1.54) is 17.3 Å². The zero-order valence-corrected chi connectivity index (χ0v) is 15.4. The van der Waals surface area contributed by atoms with Gasteiger partial charge >= 0.3 is 0 Å². The Labute approximate surface area is 154 Å². The molecule has 3 atom stereocenters. The van der Waals surface area contributed by atoms with Crippen LogP contribution in [0.25, 0.3) is 10.9 Å². The van der Waals surface area contributed by atoms with Gasteiger partial charge in [-0.05, 0) is 43.2 Å². The van der Waals surface area contributed by atoms with Gasteiger partial charge in [-0.3, -0.25) is 10.2 Å². The van der Waals surface area contributed by atoms with Crippen LogP contribution in [0.2, 0.25) is 0 Å². The molecule has 140 valence electrons. The van der Waals surface area contributed by atoms with Crippen LogP contribution in [0.3, 0.4) is 0 Å². The first-order valence-corrected chi connectivity index (χ1v) is 9.60. The second-order valence-electron chi connectivity index (χ2n) is 7.44. The number of aromatic nitrogens is 1. The molecular formula is C20H28N4O2. The van der Waals surface area contributed by atoms with E-state index in [0.717, 1.165) is 32.4 Å². The predicted molar refractivity (Wildman–Crippen MR) is 102 cm³/mol. The Bertz CT molecular complexity index is 757. The molecule has 3 heterocycles. The van der Waals surface area contributed by atoms with Crippen LogP contribution in [0, 0.1) is 0 Å². The third-order valence-corrected chi connectivity index (χ3v) is 5.65. The number of rotatable bonds is 5. The Morgan fingerprint density at radius 2 is 2.12 bits per heavy atom. The standard InChI is InChI=1S/C20H28N4O2/c1-26-14-17-7-4-5-10-24(17)20(25)18-12-16(21-22-18)13-23-11-9-15-6-2-3-8-19(15)23/h2-3,6,8-9,11,16-18,21-22H,4-5,7,10,12-14H2,1H3. The molecule has 6 nitrogen and oxygen atoms in total. The normalized spacial score (nSPS) is 26.5. The third-order valence-electron chi connectivity index (χ3n) is 5.65. The van der Waals surface area contributed by atoms with E-state index in [2.05, 4.69) is 51.9 Å². The fourth-order valence-corrected chi connectivity index (χ4v) is 4.30. The molecule has 1 aromatic carbocycles. The van der Waals surface area contributed by atoms with Gasteiger partial charge in [0.1, 0.15) is 6.04 Å². The van der Waals surface area contributed by atoms with Gasteiger partial charge in [0.2, 0.25) is 5.91 Å². The highest BCUT2D eigenvalue weighted by Crippen LogP contribution is 2.21. The zero-order valence-electron chi connectivity index (χ0n) is 15.4. The number of amides is 1. The second kappa shape index (κ2) is 7.78. The molecule has 0 spiro atoms. The molecule has 0 bridgehead atoms. The largest absolute Gasteiger partial charge is 0.383 e. The number of methoxy groups -OCH3 is 1. The minimum absolute atomic E-state index is 0.153. The van der Waals surface area contributed by atoms with Crippen molar-refractivity contribution in [2.24, 2.45) is 0 Å². The smallest absolute Gasteiger partial charge is 0.241 e. The molecule has 1 amide bonds. The summed E-state index contributed by atoms with van der Waals surface area (Å²) < 4.78 is 7.58. The summed E-state index contributed by atoms with van der Waals surface area (Å²) in [4.78, 5) is 15.0. The summed E-state index contributed by atoms with van der Waals surface area (Å²) in [6.45, 7) is 2.33. The van der Waals surface area contributed by atoms with Crippen molar-refractivity contribution in [2.75, 3.05) is 20.3 Å². The van der Waals surface area contributed by atoms with Gasteiger partial charge in [0.05, 0.1) is 12.6 Å². The SMILES string of the molecule is COCC1CCCCN1C(=O)C1CC(Cn2ccc3ccccc32)NN1. The first kappa shape index (κ1) is 17.5. The van der Waals surface area contributed by atoms with Gasteiger partial charge < -0.3 is 14.2 Å². The number of ether oxygens (including phenoxy) is 1. The maximum absolute atomic E-state index is 13.0. The number of fused-ring (bicyclic) bond motifs is 1. The van der Waals surface area contributed by atoms with E-state index in [4.69, 9.17) is 4.74 Å². The summed E-state index contributed by atoms with van der Waals surface area (Å²) in [7, 11) is 1.71. The molecule has 2 fully saturated rings. The molecule has 4 rings (SSSR count). The number of piperidine rings is 1. The van der Waals surface area contributed by atoms with Crippen molar-refractivity contribution in [3.05, 3.63) is 36.5 Å². The number of nitrogens with one attached hydrogen (secondary N) is 2. The van der Waals surface area contributed by atoms with E-state index in [1.807, 2.05) is 4.90 Å². The molecule has 1 aromatic heterocycles. The number of carbonyl (C=O) groups excluding carboxylic acids is 1. The number of hydrazine groups is 1. The Hall–Kier alpha value is -1.89. The fraction of sp³-hybridized carbons (Fsp3) is 0.550. The van der Waals surface area contributed by atoms with E-state index in [9.17, 15) is 4.79 Å². The van der Waals surface area contributed by atoms with E-state index in [0.29, 0.717) is 6.61 Å². The van der Waals surface area contributed by atoms with Crippen LogP contribution in [0.5, 0.6) is 0 Å². The van der Waals surface area contributed by atoms with E-state index >= 15 is 0 Å². The summed E-state index contributed by atoms with van der Waals surface area (Å²) in [6.07, 6.45) is 6.24. The van der Waals surface area contributed by atoms with E-state index in [1.54, 1.807) is 7.11 Å². The van der Waals surface area contributed by atoms with Crippen molar-refractivity contribution in [1.29, 1.82) is 0 Å². The number of hydrogen-bond donors (Lipinski definition) is 2. The van der Waals surface area contributed by atoms with Crippen molar-refractivity contribution in [3.8, 4) is 0 Å². The summed E-state index contributed by atoms with van der Waals surface area (Å²) in [6, 6.07) is 10.8. The summed E-state index contributed by atoms with van der Waals surface area (Å²) in [5.41, 5.74) is 7.79. The van der Waals surface area contributed by atoms with Crippen molar-refractivity contribution in [2.45, 2.75) is 50.4 Å². The van der Waals surface area contributed by atoms with Gasteiger partial charge in [-0.25, -0.2) is 5.43 Å². The monoisotopic (exact) mass is 356 g/mol. The molecule has 3 unspecified atom stereocenters. The quantitative estimate of drug-likeness (QED) is 0.859. The molecule has 6 heteroatoms. The average Bonchev–Trinajstić information content (AvgIpc) is 3.30.